The van der Waals surface area contributed by atoms with Crippen molar-refractivity contribution in [1.29, 1.82) is 0 Å². The first kappa shape index (κ1) is 11.2. The van der Waals surface area contributed by atoms with E-state index in [9.17, 15) is 4.79 Å². The lowest BCUT2D eigenvalue weighted by molar-refractivity contribution is -0.166. The number of ether oxygens (including phenoxy) is 1. The summed E-state index contributed by atoms with van der Waals surface area (Å²) in [7, 11) is 0. The van der Waals surface area contributed by atoms with E-state index in [4.69, 9.17) is 9.84 Å². The van der Waals surface area contributed by atoms with Gasteiger partial charge in [0.05, 0.1) is 5.60 Å². The molecule has 0 bridgehead atoms. The van der Waals surface area contributed by atoms with Crippen LogP contribution in [0, 0.1) is 0 Å². The van der Waals surface area contributed by atoms with Gasteiger partial charge in [-0.15, -0.1) is 6.58 Å². The molecule has 0 amide bonds. The third kappa shape index (κ3) is 2.56. The zero-order valence-electron chi connectivity index (χ0n) is 8.69. The van der Waals surface area contributed by atoms with Crippen LogP contribution >= 0.6 is 0 Å². The van der Waals surface area contributed by atoms with E-state index in [1.54, 1.807) is 0 Å². The molecule has 1 aliphatic heterocycles. The molecule has 1 aliphatic rings. The van der Waals surface area contributed by atoms with E-state index < -0.39 is 5.97 Å². The van der Waals surface area contributed by atoms with Crippen LogP contribution in [-0.4, -0.2) is 47.3 Å². The minimum atomic E-state index is -0.915. The highest BCUT2D eigenvalue weighted by atomic mass is 16.5. The Morgan fingerprint density at radius 2 is 2.36 bits per heavy atom. The molecule has 80 valence electrons. The third-order valence-corrected chi connectivity index (χ3v) is 2.54. The average Bonchev–Trinajstić information content (AvgIpc) is 2.09. The van der Waals surface area contributed by atoms with E-state index >= 15 is 0 Å². The van der Waals surface area contributed by atoms with E-state index in [0.29, 0.717) is 6.04 Å². The number of nitrogens with zero attached hydrogens (tertiary/aromatic N) is 1. The molecule has 1 unspecified atom stereocenters. The van der Waals surface area contributed by atoms with Crippen LogP contribution in [0.4, 0.5) is 0 Å². The molecule has 1 rings (SSSR count). The van der Waals surface area contributed by atoms with Gasteiger partial charge in [0.1, 0.15) is 6.61 Å². The summed E-state index contributed by atoms with van der Waals surface area (Å²) in [6.45, 7) is 9.03. The number of likely N-dealkylation sites (tertiary alicyclic amines) is 1. The van der Waals surface area contributed by atoms with E-state index in [1.807, 2.05) is 13.0 Å². The van der Waals surface area contributed by atoms with Crippen LogP contribution in [-0.2, 0) is 9.53 Å². The van der Waals surface area contributed by atoms with E-state index in [0.717, 1.165) is 13.1 Å². The fourth-order valence-corrected chi connectivity index (χ4v) is 1.58. The number of carboxylic acids is 1. The van der Waals surface area contributed by atoms with Crippen LogP contribution in [0.1, 0.15) is 13.8 Å². The number of aliphatic carboxylic acids is 1. The smallest absolute Gasteiger partial charge is 0.329 e. The standard InChI is InChI=1S/C10H17NO3/c1-4-8(2)11-6-10(3,7-11)14-5-9(12)13/h4,8H,1,5-7H2,2-3H3,(H,12,13). The largest absolute Gasteiger partial charge is 0.480 e. The SMILES string of the molecule is C=CC(C)N1CC(C)(OCC(=O)O)C1. The summed E-state index contributed by atoms with van der Waals surface area (Å²) in [5.41, 5.74) is -0.296. The third-order valence-electron chi connectivity index (χ3n) is 2.54. The van der Waals surface area contributed by atoms with Gasteiger partial charge < -0.3 is 9.84 Å². The lowest BCUT2D eigenvalue weighted by Gasteiger charge is -2.49. The van der Waals surface area contributed by atoms with E-state index in [2.05, 4.69) is 18.4 Å². The first-order chi connectivity index (χ1) is 6.47. The average molecular weight is 199 g/mol. The molecule has 1 heterocycles. The first-order valence-corrected chi connectivity index (χ1v) is 4.69. The molecule has 1 atom stereocenters. The van der Waals surface area contributed by atoms with Gasteiger partial charge in [0.2, 0.25) is 0 Å². The Morgan fingerprint density at radius 3 is 2.79 bits per heavy atom. The van der Waals surface area contributed by atoms with Gasteiger partial charge in [-0.25, -0.2) is 4.79 Å². The second-order valence-electron chi connectivity index (χ2n) is 4.01. The second-order valence-corrected chi connectivity index (χ2v) is 4.01. The van der Waals surface area contributed by atoms with Crippen LogP contribution < -0.4 is 0 Å². The summed E-state index contributed by atoms with van der Waals surface area (Å²) in [5, 5.41) is 8.46. The van der Waals surface area contributed by atoms with Crippen molar-refractivity contribution in [2.45, 2.75) is 25.5 Å². The maximum Gasteiger partial charge on any atom is 0.329 e. The van der Waals surface area contributed by atoms with Gasteiger partial charge in [-0.2, -0.15) is 0 Å². The van der Waals surface area contributed by atoms with Crippen molar-refractivity contribution >= 4 is 5.97 Å². The number of hydrogen-bond acceptors (Lipinski definition) is 3. The minimum Gasteiger partial charge on any atom is -0.480 e. The van der Waals surface area contributed by atoms with E-state index in [1.165, 1.54) is 0 Å². The maximum atomic E-state index is 10.3. The van der Waals surface area contributed by atoms with Gasteiger partial charge in [-0.05, 0) is 13.8 Å². The summed E-state index contributed by atoms with van der Waals surface area (Å²) >= 11 is 0. The fraction of sp³-hybridized carbons (Fsp3) is 0.700. The van der Waals surface area contributed by atoms with Gasteiger partial charge in [0.25, 0.3) is 0 Å². The van der Waals surface area contributed by atoms with E-state index in [-0.39, 0.29) is 12.2 Å². The van der Waals surface area contributed by atoms with Crippen LogP contribution in [0.25, 0.3) is 0 Å². The van der Waals surface area contributed by atoms with Crippen LogP contribution in [0.3, 0.4) is 0 Å². The number of rotatable bonds is 5. The summed E-state index contributed by atoms with van der Waals surface area (Å²) in [6, 6.07) is 0.330. The zero-order chi connectivity index (χ0) is 10.8. The summed E-state index contributed by atoms with van der Waals surface area (Å²) in [6.07, 6.45) is 1.87. The molecule has 0 radical (unpaired) electrons. The van der Waals surface area contributed by atoms with Crippen molar-refractivity contribution < 1.29 is 14.6 Å². The van der Waals surface area contributed by atoms with Crippen molar-refractivity contribution in [3.8, 4) is 0 Å². The number of carbonyl (C=O) groups is 1. The van der Waals surface area contributed by atoms with Crippen molar-refractivity contribution in [2.75, 3.05) is 19.7 Å². The highest BCUT2D eigenvalue weighted by Crippen LogP contribution is 2.26. The lowest BCUT2D eigenvalue weighted by Crippen LogP contribution is -2.63. The molecule has 0 aromatic heterocycles. The van der Waals surface area contributed by atoms with Crippen LogP contribution in [0.2, 0.25) is 0 Å². The number of hydrogen-bond donors (Lipinski definition) is 1. The topological polar surface area (TPSA) is 49.8 Å². The van der Waals surface area contributed by atoms with Crippen molar-refractivity contribution in [3.63, 3.8) is 0 Å². The molecule has 1 saturated heterocycles. The monoisotopic (exact) mass is 199 g/mol. The fourth-order valence-electron chi connectivity index (χ4n) is 1.58. The number of carboxylic acid groups (broad SMARTS) is 1. The van der Waals surface area contributed by atoms with Gasteiger partial charge >= 0.3 is 5.97 Å². The molecule has 0 saturated carbocycles. The van der Waals surface area contributed by atoms with Crippen LogP contribution in [0.5, 0.6) is 0 Å². The van der Waals surface area contributed by atoms with Crippen molar-refractivity contribution in [1.82, 2.24) is 4.90 Å². The predicted octanol–water partition coefficient (Wildman–Crippen LogP) is 0.736. The Labute approximate surface area is 84.2 Å². The summed E-state index contributed by atoms with van der Waals surface area (Å²) in [4.78, 5) is 12.5. The Balaban J connectivity index is 2.30. The highest BCUT2D eigenvalue weighted by Gasteiger charge is 2.41. The lowest BCUT2D eigenvalue weighted by atomic mass is 9.94. The first-order valence-electron chi connectivity index (χ1n) is 4.69. The highest BCUT2D eigenvalue weighted by molar-refractivity contribution is 5.68. The molecule has 0 spiro atoms. The van der Waals surface area contributed by atoms with Crippen molar-refractivity contribution in [2.24, 2.45) is 0 Å². The molecule has 0 aromatic carbocycles. The molecule has 14 heavy (non-hydrogen) atoms. The Hall–Kier alpha value is -0.870. The molecule has 0 aliphatic carbocycles. The Kier molecular flexibility index (Phi) is 3.29. The molecule has 4 heteroatoms. The summed E-state index contributed by atoms with van der Waals surface area (Å²) in [5.74, 6) is -0.915. The van der Waals surface area contributed by atoms with Crippen LogP contribution in [0.15, 0.2) is 12.7 Å². The van der Waals surface area contributed by atoms with Gasteiger partial charge in [-0.1, -0.05) is 6.08 Å². The Morgan fingerprint density at radius 1 is 1.79 bits per heavy atom. The molecule has 0 aromatic rings. The van der Waals surface area contributed by atoms with Gasteiger partial charge in [-0.3, -0.25) is 4.90 Å². The quantitative estimate of drug-likeness (QED) is 0.663. The van der Waals surface area contributed by atoms with Crippen molar-refractivity contribution in [3.05, 3.63) is 12.7 Å². The molecular weight excluding hydrogens is 182 g/mol. The van der Waals surface area contributed by atoms with Gasteiger partial charge in [0.15, 0.2) is 0 Å². The van der Waals surface area contributed by atoms with Gasteiger partial charge in [0, 0.05) is 19.1 Å². The predicted molar refractivity (Wildman–Crippen MR) is 53.2 cm³/mol. The Bertz CT molecular complexity index is 234. The summed E-state index contributed by atoms with van der Waals surface area (Å²) < 4.78 is 5.28. The molecule has 1 fully saturated rings. The maximum absolute atomic E-state index is 10.3. The second kappa shape index (κ2) is 4.11. The molecule has 1 N–H and O–H groups in total. The molecule has 4 nitrogen and oxygen atoms in total. The normalized spacial score (nSPS) is 22.4. The minimum absolute atomic E-state index is 0.215. The zero-order valence-corrected chi connectivity index (χ0v) is 8.69. The molecular formula is C10H17NO3.